The molecule has 2 aromatic carbocycles. The fraction of sp³-hybridized carbons (Fsp3) is 0.391. The van der Waals surface area contributed by atoms with Crippen LogP contribution in [-0.2, 0) is 4.74 Å². The van der Waals surface area contributed by atoms with Gasteiger partial charge in [0.2, 0.25) is 0 Å². The lowest BCUT2D eigenvalue weighted by atomic mass is 10.1. The molecule has 4 rings (SSSR count). The van der Waals surface area contributed by atoms with E-state index in [0.29, 0.717) is 27.3 Å². The zero-order valence-electron chi connectivity index (χ0n) is 17.7. The van der Waals surface area contributed by atoms with Crippen molar-refractivity contribution < 1.29 is 9.53 Å². The zero-order valence-corrected chi connectivity index (χ0v) is 20.0. The zero-order chi connectivity index (χ0) is 22.0. The monoisotopic (exact) mass is 477 g/mol. The quantitative estimate of drug-likeness (QED) is 0.464. The molecule has 1 saturated heterocycles. The first-order valence-electron chi connectivity index (χ1n) is 10.4. The number of thiazole rings is 1. The lowest BCUT2D eigenvalue weighted by molar-refractivity contribution is 0.0376. The minimum Gasteiger partial charge on any atom is -0.379 e. The molecule has 0 saturated carbocycles. The van der Waals surface area contributed by atoms with Crippen LogP contribution in [0.15, 0.2) is 30.3 Å². The molecule has 0 atom stereocenters. The van der Waals surface area contributed by atoms with E-state index in [9.17, 15) is 4.79 Å². The number of rotatable bonds is 6. The predicted molar refractivity (Wildman–Crippen MR) is 129 cm³/mol. The molecule has 1 amide bonds. The van der Waals surface area contributed by atoms with E-state index >= 15 is 0 Å². The first-order valence-corrected chi connectivity index (χ1v) is 11.9. The lowest BCUT2D eigenvalue weighted by Crippen LogP contribution is -2.39. The van der Waals surface area contributed by atoms with Crippen molar-refractivity contribution in [1.29, 1.82) is 0 Å². The highest BCUT2D eigenvalue weighted by molar-refractivity contribution is 7.22. The smallest absolute Gasteiger partial charge is 0.260 e. The molecule has 3 aromatic rings. The number of amides is 1. The fourth-order valence-corrected chi connectivity index (χ4v) is 5.30. The number of hydrogen-bond acceptors (Lipinski definition) is 5. The van der Waals surface area contributed by atoms with Gasteiger partial charge in [0.05, 0.1) is 23.4 Å². The third-order valence-corrected chi connectivity index (χ3v) is 7.10. The van der Waals surface area contributed by atoms with Crippen molar-refractivity contribution in [3.63, 3.8) is 0 Å². The molecule has 1 aromatic heterocycles. The summed E-state index contributed by atoms with van der Waals surface area (Å²) in [6, 6.07) is 9.12. The standard InChI is InChI=1S/C23H25Cl2N3O2S/c1-15-4-5-20-21(16(15)2)26-23(31-20)28(7-3-6-27-8-10-30-11-9-27)22(29)17-12-18(24)14-19(25)13-17/h4-5,12-14H,3,6-11H2,1-2H3. The van der Waals surface area contributed by atoms with E-state index in [1.165, 1.54) is 5.56 Å². The van der Waals surface area contributed by atoms with E-state index in [-0.39, 0.29) is 5.91 Å². The predicted octanol–water partition coefficient (Wildman–Crippen LogP) is 5.59. The summed E-state index contributed by atoms with van der Waals surface area (Å²) in [5.74, 6) is -0.139. The largest absolute Gasteiger partial charge is 0.379 e. The molecule has 0 aliphatic carbocycles. The van der Waals surface area contributed by atoms with Gasteiger partial charge >= 0.3 is 0 Å². The number of halogens is 2. The number of morpholine rings is 1. The van der Waals surface area contributed by atoms with Gasteiger partial charge in [0, 0.05) is 41.8 Å². The second-order valence-electron chi connectivity index (χ2n) is 7.77. The molecule has 164 valence electrons. The van der Waals surface area contributed by atoms with Gasteiger partial charge in [0.25, 0.3) is 5.91 Å². The van der Waals surface area contributed by atoms with Gasteiger partial charge in [-0.25, -0.2) is 4.98 Å². The average Bonchev–Trinajstić information content (AvgIpc) is 3.18. The Balaban J connectivity index is 1.63. The van der Waals surface area contributed by atoms with Crippen LogP contribution in [0.3, 0.4) is 0 Å². The number of aryl methyl sites for hydroxylation is 2. The number of fused-ring (bicyclic) bond motifs is 1. The number of carbonyl (C=O) groups is 1. The number of aromatic nitrogens is 1. The second-order valence-corrected chi connectivity index (χ2v) is 9.66. The Bertz CT molecular complexity index is 1080. The third kappa shape index (κ3) is 5.21. The number of carbonyl (C=O) groups excluding carboxylic acids is 1. The summed E-state index contributed by atoms with van der Waals surface area (Å²) in [5.41, 5.74) is 3.76. The number of nitrogens with zero attached hydrogens (tertiary/aromatic N) is 3. The molecular weight excluding hydrogens is 453 g/mol. The SMILES string of the molecule is Cc1ccc2sc(N(CCCN3CCOCC3)C(=O)c3cc(Cl)cc(Cl)c3)nc2c1C. The maximum atomic E-state index is 13.5. The Kier molecular flexibility index (Phi) is 7.14. The Labute approximate surface area is 196 Å². The first-order chi connectivity index (χ1) is 14.9. The third-order valence-electron chi connectivity index (χ3n) is 5.62. The van der Waals surface area contributed by atoms with Crippen molar-refractivity contribution in [2.75, 3.05) is 44.3 Å². The number of ether oxygens (including phenoxy) is 1. The summed E-state index contributed by atoms with van der Waals surface area (Å²) in [7, 11) is 0. The fourth-order valence-electron chi connectivity index (χ4n) is 3.72. The molecule has 1 aliphatic rings. The molecule has 0 spiro atoms. The van der Waals surface area contributed by atoms with Crippen LogP contribution >= 0.6 is 34.5 Å². The minimum atomic E-state index is -0.139. The maximum absolute atomic E-state index is 13.5. The van der Waals surface area contributed by atoms with Crippen LogP contribution in [-0.4, -0.2) is 55.2 Å². The van der Waals surface area contributed by atoms with Gasteiger partial charge in [-0.15, -0.1) is 0 Å². The van der Waals surface area contributed by atoms with E-state index in [4.69, 9.17) is 32.9 Å². The van der Waals surface area contributed by atoms with Crippen LogP contribution in [0.4, 0.5) is 5.13 Å². The van der Waals surface area contributed by atoms with Gasteiger partial charge in [0.1, 0.15) is 0 Å². The molecule has 1 aliphatic heterocycles. The Hall–Kier alpha value is -1.70. The van der Waals surface area contributed by atoms with Crippen molar-refractivity contribution >= 4 is 55.8 Å². The van der Waals surface area contributed by atoms with Crippen molar-refractivity contribution in [1.82, 2.24) is 9.88 Å². The van der Waals surface area contributed by atoms with Crippen molar-refractivity contribution in [2.24, 2.45) is 0 Å². The Morgan fingerprint density at radius 3 is 2.58 bits per heavy atom. The highest BCUT2D eigenvalue weighted by Gasteiger charge is 2.23. The molecular formula is C23H25Cl2N3O2S. The van der Waals surface area contributed by atoms with Crippen LogP contribution in [0.1, 0.15) is 27.9 Å². The van der Waals surface area contributed by atoms with Crippen LogP contribution in [0.25, 0.3) is 10.2 Å². The van der Waals surface area contributed by atoms with E-state index in [2.05, 4.69) is 30.9 Å². The number of anilines is 1. The van der Waals surface area contributed by atoms with Crippen molar-refractivity contribution in [3.8, 4) is 0 Å². The molecule has 5 nitrogen and oxygen atoms in total. The molecule has 1 fully saturated rings. The second kappa shape index (κ2) is 9.84. The van der Waals surface area contributed by atoms with Gasteiger partial charge in [-0.1, -0.05) is 40.6 Å². The van der Waals surface area contributed by atoms with E-state index in [0.717, 1.165) is 55.0 Å². The summed E-state index contributed by atoms with van der Waals surface area (Å²) in [5, 5.41) is 1.59. The molecule has 0 radical (unpaired) electrons. The Morgan fingerprint density at radius 1 is 1.16 bits per heavy atom. The summed E-state index contributed by atoms with van der Waals surface area (Å²) in [4.78, 5) is 22.5. The minimum absolute atomic E-state index is 0.139. The highest BCUT2D eigenvalue weighted by atomic mass is 35.5. The topological polar surface area (TPSA) is 45.7 Å². The van der Waals surface area contributed by atoms with Gasteiger partial charge in [-0.2, -0.15) is 0 Å². The maximum Gasteiger partial charge on any atom is 0.260 e. The average molecular weight is 478 g/mol. The van der Waals surface area contributed by atoms with Gasteiger partial charge in [-0.3, -0.25) is 14.6 Å². The molecule has 8 heteroatoms. The van der Waals surface area contributed by atoms with E-state index in [1.54, 1.807) is 34.4 Å². The summed E-state index contributed by atoms with van der Waals surface area (Å²) < 4.78 is 6.51. The van der Waals surface area contributed by atoms with Crippen LogP contribution in [0.2, 0.25) is 10.0 Å². The van der Waals surface area contributed by atoms with Crippen LogP contribution in [0.5, 0.6) is 0 Å². The van der Waals surface area contributed by atoms with Crippen molar-refractivity contribution in [2.45, 2.75) is 20.3 Å². The van der Waals surface area contributed by atoms with E-state index in [1.807, 2.05) is 0 Å². The van der Waals surface area contributed by atoms with Gasteiger partial charge < -0.3 is 4.74 Å². The molecule has 0 N–H and O–H groups in total. The summed E-state index contributed by atoms with van der Waals surface area (Å²) in [6.45, 7) is 9.01. The van der Waals surface area contributed by atoms with Gasteiger partial charge in [-0.05, 0) is 55.7 Å². The Morgan fingerprint density at radius 2 is 1.87 bits per heavy atom. The number of hydrogen-bond donors (Lipinski definition) is 0. The molecule has 31 heavy (non-hydrogen) atoms. The van der Waals surface area contributed by atoms with Crippen LogP contribution < -0.4 is 4.90 Å². The summed E-state index contributed by atoms with van der Waals surface area (Å²) >= 11 is 13.9. The van der Waals surface area contributed by atoms with Crippen LogP contribution in [0, 0.1) is 13.8 Å². The highest BCUT2D eigenvalue weighted by Crippen LogP contribution is 2.33. The van der Waals surface area contributed by atoms with Crippen molar-refractivity contribution in [3.05, 3.63) is 57.1 Å². The van der Waals surface area contributed by atoms with Gasteiger partial charge in [0.15, 0.2) is 5.13 Å². The molecule has 2 heterocycles. The normalized spacial score (nSPS) is 14.8. The van der Waals surface area contributed by atoms with E-state index < -0.39 is 0 Å². The molecule has 0 bridgehead atoms. The lowest BCUT2D eigenvalue weighted by Gasteiger charge is -2.27. The first kappa shape index (κ1) is 22.5. The number of benzene rings is 2. The molecule has 0 unspecified atom stereocenters. The summed E-state index contributed by atoms with van der Waals surface area (Å²) in [6.07, 6.45) is 0.841.